The van der Waals surface area contributed by atoms with Crippen molar-refractivity contribution in [1.29, 1.82) is 0 Å². The van der Waals surface area contributed by atoms with Gasteiger partial charge in [0, 0.05) is 5.70 Å². The average Bonchev–Trinajstić information content (AvgIpc) is 2.00. The van der Waals surface area contributed by atoms with Gasteiger partial charge in [-0.1, -0.05) is 39.2 Å². The highest BCUT2D eigenvalue weighted by atomic mass is 14.6. The van der Waals surface area contributed by atoms with Gasteiger partial charge in [0.15, 0.2) is 0 Å². The number of allylic oxidation sites excluding steroid dienone is 2. The summed E-state index contributed by atoms with van der Waals surface area (Å²) in [6.45, 7) is 6.50. The lowest BCUT2D eigenvalue weighted by Gasteiger charge is -2.09. The fourth-order valence-corrected chi connectivity index (χ4v) is 1.17. The van der Waals surface area contributed by atoms with Crippen LogP contribution in [0.15, 0.2) is 11.8 Å². The lowest BCUT2D eigenvalue weighted by Crippen LogP contribution is -2.03. The molecule has 0 fully saturated rings. The van der Waals surface area contributed by atoms with Crippen LogP contribution in [-0.2, 0) is 0 Å². The summed E-state index contributed by atoms with van der Waals surface area (Å²) in [5.74, 6) is 0.756. The molecule has 0 aliphatic heterocycles. The molecule has 0 aromatic carbocycles. The second-order valence-corrected chi connectivity index (χ2v) is 3.32. The first-order chi connectivity index (χ1) is 5.20. The molecule has 2 N–H and O–H groups in total. The molecule has 0 saturated carbocycles. The predicted molar refractivity (Wildman–Crippen MR) is 51.3 cm³/mol. The molecule has 0 aromatic heterocycles. The van der Waals surface area contributed by atoms with E-state index in [0.29, 0.717) is 0 Å². The molecule has 1 atom stereocenters. The van der Waals surface area contributed by atoms with Crippen molar-refractivity contribution in [3.63, 3.8) is 0 Å². The standard InChI is InChI=1S/C10H21N/c1-4-6-7-9(3)8-10(11)5-2/h5,9H,4,6-8,11H2,1-3H3/t9-/m1/s1. The first-order valence-corrected chi connectivity index (χ1v) is 4.61. The zero-order valence-electron chi connectivity index (χ0n) is 8.06. The minimum absolute atomic E-state index is 0.756. The third-order valence-electron chi connectivity index (χ3n) is 2.01. The Hall–Kier alpha value is -0.460. The van der Waals surface area contributed by atoms with Gasteiger partial charge in [-0.15, -0.1) is 0 Å². The van der Waals surface area contributed by atoms with E-state index in [1.165, 1.54) is 19.3 Å². The Morgan fingerprint density at radius 3 is 2.64 bits per heavy atom. The Balaban J connectivity index is 3.43. The molecule has 0 rings (SSSR count). The minimum Gasteiger partial charge on any atom is -0.402 e. The molecule has 0 aromatic rings. The number of unbranched alkanes of at least 4 members (excludes halogenated alkanes) is 1. The number of nitrogens with two attached hydrogens (primary N) is 1. The van der Waals surface area contributed by atoms with Crippen LogP contribution in [0, 0.1) is 5.92 Å². The largest absolute Gasteiger partial charge is 0.402 e. The second-order valence-electron chi connectivity index (χ2n) is 3.32. The van der Waals surface area contributed by atoms with Gasteiger partial charge in [-0.05, 0) is 19.3 Å². The number of hydrogen-bond acceptors (Lipinski definition) is 1. The Morgan fingerprint density at radius 2 is 2.18 bits per heavy atom. The molecule has 0 aliphatic carbocycles. The van der Waals surface area contributed by atoms with Crippen molar-refractivity contribution < 1.29 is 0 Å². The van der Waals surface area contributed by atoms with Crippen LogP contribution in [0.3, 0.4) is 0 Å². The molecule has 1 heteroatoms. The zero-order valence-corrected chi connectivity index (χ0v) is 8.06. The summed E-state index contributed by atoms with van der Waals surface area (Å²) < 4.78 is 0. The predicted octanol–water partition coefficient (Wildman–Crippen LogP) is 3.07. The van der Waals surface area contributed by atoms with Crippen molar-refractivity contribution in [2.24, 2.45) is 11.7 Å². The van der Waals surface area contributed by atoms with Crippen LogP contribution >= 0.6 is 0 Å². The van der Waals surface area contributed by atoms with Crippen molar-refractivity contribution >= 4 is 0 Å². The quantitative estimate of drug-likeness (QED) is 0.648. The monoisotopic (exact) mass is 155 g/mol. The summed E-state index contributed by atoms with van der Waals surface area (Å²) in [4.78, 5) is 0. The lowest BCUT2D eigenvalue weighted by molar-refractivity contribution is 0.500. The molecule has 66 valence electrons. The topological polar surface area (TPSA) is 26.0 Å². The first kappa shape index (κ1) is 10.5. The number of hydrogen-bond donors (Lipinski definition) is 1. The van der Waals surface area contributed by atoms with Gasteiger partial charge in [0.2, 0.25) is 0 Å². The van der Waals surface area contributed by atoms with E-state index in [0.717, 1.165) is 18.0 Å². The van der Waals surface area contributed by atoms with E-state index >= 15 is 0 Å². The van der Waals surface area contributed by atoms with Crippen LogP contribution in [-0.4, -0.2) is 0 Å². The maximum Gasteiger partial charge on any atom is 0.00398 e. The third-order valence-corrected chi connectivity index (χ3v) is 2.01. The van der Waals surface area contributed by atoms with E-state index in [4.69, 9.17) is 5.73 Å². The van der Waals surface area contributed by atoms with Crippen molar-refractivity contribution in [2.75, 3.05) is 0 Å². The normalized spacial score (nSPS) is 15.0. The Bertz CT molecular complexity index is 116. The Labute approximate surface area is 70.7 Å². The van der Waals surface area contributed by atoms with E-state index in [1.54, 1.807) is 0 Å². The van der Waals surface area contributed by atoms with Gasteiger partial charge in [-0.2, -0.15) is 0 Å². The summed E-state index contributed by atoms with van der Waals surface area (Å²) in [5.41, 5.74) is 6.74. The molecular weight excluding hydrogens is 134 g/mol. The summed E-state index contributed by atoms with van der Waals surface area (Å²) in [6, 6.07) is 0. The van der Waals surface area contributed by atoms with Gasteiger partial charge < -0.3 is 5.73 Å². The van der Waals surface area contributed by atoms with Gasteiger partial charge in [0.1, 0.15) is 0 Å². The van der Waals surface area contributed by atoms with E-state index in [2.05, 4.69) is 13.8 Å². The highest BCUT2D eigenvalue weighted by Crippen LogP contribution is 2.14. The van der Waals surface area contributed by atoms with Crippen LogP contribution in [0.1, 0.15) is 46.5 Å². The summed E-state index contributed by atoms with van der Waals surface area (Å²) >= 11 is 0. The molecule has 0 bridgehead atoms. The number of rotatable bonds is 5. The minimum atomic E-state index is 0.756. The van der Waals surface area contributed by atoms with Crippen LogP contribution in [0.25, 0.3) is 0 Å². The molecule has 0 saturated heterocycles. The summed E-state index contributed by atoms with van der Waals surface area (Å²) in [7, 11) is 0. The highest BCUT2D eigenvalue weighted by molar-refractivity contribution is 4.94. The first-order valence-electron chi connectivity index (χ1n) is 4.61. The molecule has 0 heterocycles. The van der Waals surface area contributed by atoms with Gasteiger partial charge >= 0.3 is 0 Å². The molecule has 11 heavy (non-hydrogen) atoms. The highest BCUT2D eigenvalue weighted by Gasteiger charge is 2.01. The molecule has 0 amide bonds. The van der Waals surface area contributed by atoms with Crippen molar-refractivity contribution in [3.8, 4) is 0 Å². The van der Waals surface area contributed by atoms with Gasteiger partial charge in [-0.25, -0.2) is 0 Å². The smallest absolute Gasteiger partial charge is 0.00398 e. The fraction of sp³-hybridized carbons (Fsp3) is 0.800. The average molecular weight is 155 g/mol. The second kappa shape index (κ2) is 6.26. The SMILES string of the molecule is CC=C(N)C[C@H](C)CCCC. The molecule has 0 radical (unpaired) electrons. The van der Waals surface area contributed by atoms with E-state index in [1.807, 2.05) is 13.0 Å². The fourth-order valence-electron chi connectivity index (χ4n) is 1.17. The van der Waals surface area contributed by atoms with E-state index in [9.17, 15) is 0 Å². The maximum absolute atomic E-state index is 5.71. The van der Waals surface area contributed by atoms with Crippen molar-refractivity contribution in [1.82, 2.24) is 0 Å². The van der Waals surface area contributed by atoms with Crippen LogP contribution in [0.4, 0.5) is 0 Å². The van der Waals surface area contributed by atoms with Crippen LogP contribution in [0.5, 0.6) is 0 Å². The van der Waals surface area contributed by atoms with Crippen LogP contribution in [0.2, 0.25) is 0 Å². The third kappa shape index (κ3) is 5.96. The molecule has 0 spiro atoms. The zero-order chi connectivity index (χ0) is 8.69. The van der Waals surface area contributed by atoms with Gasteiger partial charge in [-0.3, -0.25) is 0 Å². The van der Waals surface area contributed by atoms with Crippen LogP contribution < -0.4 is 5.73 Å². The molecule has 1 nitrogen and oxygen atoms in total. The summed E-state index contributed by atoms with van der Waals surface area (Å²) in [6.07, 6.45) is 7.00. The Kier molecular flexibility index (Phi) is 6.00. The van der Waals surface area contributed by atoms with Crippen molar-refractivity contribution in [3.05, 3.63) is 11.8 Å². The van der Waals surface area contributed by atoms with E-state index in [-0.39, 0.29) is 0 Å². The molecule has 0 aliphatic rings. The van der Waals surface area contributed by atoms with E-state index < -0.39 is 0 Å². The van der Waals surface area contributed by atoms with Gasteiger partial charge in [0.25, 0.3) is 0 Å². The van der Waals surface area contributed by atoms with Crippen molar-refractivity contribution in [2.45, 2.75) is 46.5 Å². The molecule has 0 unspecified atom stereocenters. The Morgan fingerprint density at radius 1 is 1.55 bits per heavy atom. The van der Waals surface area contributed by atoms with Gasteiger partial charge in [0.05, 0.1) is 0 Å². The summed E-state index contributed by atoms with van der Waals surface area (Å²) in [5, 5.41) is 0. The lowest BCUT2D eigenvalue weighted by atomic mass is 9.99. The molecular formula is C10H21N. The maximum atomic E-state index is 5.71.